The van der Waals surface area contributed by atoms with Gasteiger partial charge in [0.05, 0.1) is 7.11 Å². The number of ketones is 1. The van der Waals surface area contributed by atoms with Crippen LogP contribution in [0.5, 0.6) is 0 Å². The van der Waals surface area contributed by atoms with Gasteiger partial charge in [-0.2, -0.15) is 0 Å². The SMILES string of the molecule is COC(=O)C12OC1C(OC(C)=O)C1C(C)(CCC3C(C)(C)CCCC31C)C2=O. The second kappa shape index (κ2) is 5.80. The summed E-state index contributed by atoms with van der Waals surface area (Å²) in [5.74, 6) is -0.997. The minimum atomic E-state index is -1.60. The van der Waals surface area contributed by atoms with E-state index in [9.17, 15) is 14.4 Å². The van der Waals surface area contributed by atoms with Crippen LogP contribution in [-0.4, -0.2) is 42.6 Å². The molecule has 1 heterocycles. The summed E-state index contributed by atoms with van der Waals surface area (Å²) in [7, 11) is 1.26. The fourth-order valence-electron chi connectivity index (χ4n) is 7.56. The van der Waals surface area contributed by atoms with Gasteiger partial charge in [-0.1, -0.05) is 34.1 Å². The second-order valence-electron chi connectivity index (χ2n) is 10.5. The van der Waals surface area contributed by atoms with E-state index in [1.807, 2.05) is 6.92 Å². The number of hydrogen-bond donors (Lipinski definition) is 0. The molecule has 4 fully saturated rings. The molecule has 156 valence electrons. The van der Waals surface area contributed by atoms with Crippen LogP contribution in [-0.2, 0) is 28.6 Å². The van der Waals surface area contributed by atoms with E-state index in [1.54, 1.807) is 0 Å². The number of methoxy groups -OCH3 is 1. The van der Waals surface area contributed by atoms with Crippen LogP contribution in [0.25, 0.3) is 0 Å². The maximum Gasteiger partial charge on any atom is 0.349 e. The molecule has 0 aromatic carbocycles. The summed E-state index contributed by atoms with van der Waals surface area (Å²) >= 11 is 0. The molecule has 0 spiro atoms. The highest BCUT2D eigenvalue weighted by molar-refractivity contribution is 6.14. The van der Waals surface area contributed by atoms with Crippen molar-refractivity contribution in [3.8, 4) is 0 Å². The van der Waals surface area contributed by atoms with Crippen LogP contribution in [0.4, 0.5) is 0 Å². The maximum atomic E-state index is 13.7. The van der Waals surface area contributed by atoms with Crippen molar-refractivity contribution in [2.75, 3.05) is 7.11 Å². The summed E-state index contributed by atoms with van der Waals surface area (Å²) in [4.78, 5) is 38.2. The third-order valence-electron chi connectivity index (χ3n) is 8.56. The molecule has 1 saturated heterocycles. The molecule has 4 aliphatic rings. The van der Waals surface area contributed by atoms with Crippen molar-refractivity contribution in [1.82, 2.24) is 0 Å². The van der Waals surface area contributed by atoms with Crippen LogP contribution in [0.2, 0.25) is 0 Å². The molecule has 1 aliphatic heterocycles. The number of epoxide rings is 1. The molecule has 6 heteroatoms. The lowest BCUT2D eigenvalue weighted by molar-refractivity contribution is -0.201. The largest absolute Gasteiger partial charge is 0.466 e. The Balaban J connectivity index is 1.84. The van der Waals surface area contributed by atoms with Gasteiger partial charge >= 0.3 is 11.9 Å². The van der Waals surface area contributed by atoms with E-state index in [2.05, 4.69) is 20.8 Å². The van der Waals surface area contributed by atoms with E-state index in [0.717, 1.165) is 25.7 Å². The van der Waals surface area contributed by atoms with E-state index in [4.69, 9.17) is 14.2 Å². The highest BCUT2D eigenvalue weighted by Gasteiger charge is 2.83. The first-order chi connectivity index (χ1) is 12.9. The summed E-state index contributed by atoms with van der Waals surface area (Å²) in [6.07, 6.45) is 3.49. The van der Waals surface area contributed by atoms with Gasteiger partial charge in [0.2, 0.25) is 0 Å². The Morgan fingerprint density at radius 2 is 1.79 bits per heavy atom. The molecular formula is C22H32O6. The van der Waals surface area contributed by atoms with Crippen LogP contribution < -0.4 is 0 Å². The Morgan fingerprint density at radius 1 is 1.11 bits per heavy atom. The third kappa shape index (κ3) is 2.27. The van der Waals surface area contributed by atoms with Crippen LogP contribution in [0.15, 0.2) is 0 Å². The van der Waals surface area contributed by atoms with E-state index in [1.165, 1.54) is 14.0 Å². The summed E-state index contributed by atoms with van der Waals surface area (Å²) in [5.41, 5.74) is -2.37. The molecule has 0 radical (unpaired) electrons. The van der Waals surface area contributed by atoms with Gasteiger partial charge in [-0.3, -0.25) is 9.59 Å². The molecule has 3 saturated carbocycles. The predicted octanol–water partition coefficient (Wildman–Crippen LogP) is 3.06. The van der Waals surface area contributed by atoms with E-state index < -0.39 is 35.2 Å². The van der Waals surface area contributed by atoms with Gasteiger partial charge in [0.15, 0.2) is 5.78 Å². The topological polar surface area (TPSA) is 82.2 Å². The molecule has 28 heavy (non-hydrogen) atoms. The van der Waals surface area contributed by atoms with Gasteiger partial charge in [-0.15, -0.1) is 0 Å². The van der Waals surface area contributed by atoms with Crippen molar-refractivity contribution in [3.05, 3.63) is 0 Å². The summed E-state index contributed by atoms with van der Waals surface area (Å²) in [6, 6.07) is 0. The van der Waals surface area contributed by atoms with Crippen LogP contribution in [0.1, 0.15) is 66.7 Å². The van der Waals surface area contributed by atoms with Crippen LogP contribution in [0, 0.1) is 28.1 Å². The fourth-order valence-corrected chi connectivity index (χ4v) is 7.56. The van der Waals surface area contributed by atoms with Gasteiger partial charge in [-0.25, -0.2) is 4.79 Å². The number of ether oxygens (including phenoxy) is 3. The molecule has 7 atom stereocenters. The zero-order valence-electron chi connectivity index (χ0n) is 17.8. The van der Waals surface area contributed by atoms with E-state index in [0.29, 0.717) is 12.3 Å². The number of rotatable bonds is 2. The highest BCUT2D eigenvalue weighted by atomic mass is 16.7. The van der Waals surface area contributed by atoms with Gasteiger partial charge in [-0.05, 0) is 42.4 Å². The molecule has 4 rings (SSSR count). The number of esters is 2. The average molecular weight is 392 g/mol. The molecule has 0 aromatic rings. The molecular weight excluding hydrogens is 360 g/mol. The van der Waals surface area contributed by atoms with Crippen molar-refractivity contribution < 1.29 is 28.6 Å². The zero-order chi connectivity index (χ0) is 20.7. The Kier molecular flexibility index (Phi) is 4.12. The lowest BCUT2D eigenvalue weighted by Gasteiger charge is -2.64. The average Bonchev–Trinajstić information content (AvgIpc) is 3.34. The van der Waals surface area contributed by atoms with E-state index >= 15 is 0 Å². The zero-order valence-corrected chi connectivity index (χ0v) is 17.8. The molecule has 0 N–H and O–H groups in total. The number of carbonyl (C=O) groups excluding carboxylic acids is 3. The summed E-state index contributed by atoms with van der Waals surface area (Å²) in [6.45, 7) is 10.2. The Morgan fingerprint density at radius 3 is 2.39 bits per heavy atom. The first-order valence-electron chi connectivity index (χ1n) is 10.4. The first kappa shape index (κ1) is 19.9. The number of hydrogen-bond acceptors (Lipinski definition) is 6. The Labute approximate surface area is 166 Å². The monoisotopic (exact) mass is 392 g/mol. The smallest absolute Gasteiger partial charge is 0.349 e. The van der Waals surface area contributed by atoms with Gasteiger partial charge < -0.3 is 14.2 Å². The standard InChI is InChI=1S/C22H32O6/c1-12(23)27-14-15-20(4)10-7-9-19(2,3)13(20)8-11-21(15,5)17(24)22(16(14)28-22)18(25)26-6/h13-16H,7-11H2,1-6H3. The quantitative estimate of drug-likeness (QED) is 0.408. The Hall–Kier alpha value is -1.43. The molecule has 0 amide bonds. The molecule has 6 nitrogen and oxygen atoms in total. The lowest BCUT2D eigenvalue weighted by Crippen LogP contribution is -2.68. The fraction of sp³-hybridized carbons (Fsp3) is 0.864. The maximum absolute atomic E-state index is 13.7. The van der Waals surface area contributed by atoms with E-state index in [-0.39, 0.29) is 22.5 Å². The highest BCUT2D eigenvalue weighted by Crippen LogP contribution is 2.70. The summed E-state index contributed by atoms with van der Waals surface area (Å²) < 4.78 is 16.5. The predicted molar refractivity (Wildman–Crippen MR) is 100 cm³/mol. The first-order valence-corrected chi connectivity index (χ1v) is 10.4. The van der Waals surface area contributed by atoms with Crippen molar-refractivity contribution in [2.24, 2.45) is 28.1 Å². The number of carbonyl (C=O) groups is 3. The minimum absolute atomic E-state index is 0.154. The number of Topliss-reactive ketones (excluding diaryl/α,β-unsaturated/α-hetero) is 1. The van der Waals surface area contributed by atoms with Crippen LogP contribution in [0.3, 0.4) is 0 Å². The van der Waals surface area contributed by atoms with Gasteiger partial charge in [0.1, 0.15) is 12.2 Å². The van der Waals surface area contributed by atoms with Crippen LogP contribution >= 0.6 is 0 Å². The van der Waals surface area contributed by atoms with Gasteiger partial charge in [0, 0.05) is 18.3 Å². The minimum Gasteiger partial charge on any atom is -0.466 e. The van der Waals surface area contributed by atoms with Crippen molar-refractivity contribution in [3.63, 3.8) is 0 Å². The normalized spacial score (nSPS) is 48.6. The number of fused-ring (bicyclic) bond motifs is 4. The molecule has 0 aromatic heterocycles. The molecule has 3 aliphatic carbocycles. The van der Waals surface area contributed by atoms with Crippen molar-refractivity contribution in [1.29, 1.82) is 0 Å². The van der Waals surface area contributed by atoms with Crippen molar-refractivity contribution in [2.45, 2.75) is 84.5 Å². The Bertz CT molecular complexity index is 743. The molecule has 7 unspecified atom stereocenters. The summed E-state index contributed by atoms with van der Waals surface area (Å²) in [5, 5.41) is 0. The van der Waals surface area contributed by atoms with Crippen molar-refractivity contribution >= 4 is 17.7 Å². The molecule has 0 bridgehead atoms. The van der Waals surface area contributed by atoms with Gasteiger partial charge in [0.25, 0.3) is 5.60 Å². The third-order valence-corrected chi connectivity index (χ3v) is 8.56. The second-order valence-corrected chi connectivity index (χ2v) is 10.5. The lowest BCUT2D eigenvalue weighted by atomic mass is 9.39.